The number of likely N-dealkylation sites (tertiary alicyclic amines) is 1. The molecule has 0 aromatic heterocycles. The molecule has 0 bridgehead atoms. The second-order valence-corrected chi connectivity index (χ2v) is 4.92. The van der Waals surface area contributed by atoms with Crippen molar-refractivity contribution in [2.75, 3.05) is 13.1 Å². The summed E-state index contributed by atoms with van der Waals surface area (Å²) in [5.74, 6) is 0.474. The Kier molecular flexibility index (Phi) is 4.93. The second kappa shape index (κ2) is 5.75. The third kappa shape index (κ3) is 4.43. The van der Waals surface area contributed by atoms with Gasteiger partial charge in [-0.15, -0.1) is 0 Å². The third-order valence-corrected chi connectivity index (χ3v) is 2.81. The maximum atomic E-state index is 11.6. The van der Waals surface area contributed by atoms with Gasteiger partial charge >= 0.3 is 8.60 Å². The lowest BCUT2D eigenvalue weighted by Gasteiger charge is -2.17. The highest BCUT2D eigenvalue weighted by Gasteiger charge is 2.28. The summed E-state index contributed by atoms with van der Waals surface area (Å²) in [6, 6.07) is 0. The first-order valence-corrected chi connectivity index (χ1v) is 6.28. The number of hydrogen-bond acceptors (Lipinski definition) is 4. The van der Waals surface area contributed by atoms with Crippen molar-refractivity contribution in [3.8, 4) is 0 Å². The van der Waals surface area contributed by atoms with E-state index in [1.54, 1.807) is 4.90 Å². The number of hydrogen-bond donors (Lipinski definition) is 2. The molecule has 0 saturated carbocycles. The maximum absolute atomic E-state index is 11.6. The van der Waals surface area contributed by atoms with Crippen LogP contribution in [0.4, 0.5) is 0 Å². The monoisotopic (exact) mass is 235 g/mol. The zero-order valence-corrected chi connectivity index (χ0v) is 9.98. The lowest BCUT2D eigenvalue weighted by molar-refractivity contribution is -0.131. The summed E-state index contributed by atoms with van der Waals surface area (Å²) < 4.78 is 4.88. The Morgan fingerprint density at radius 2 is 2.27 bits per heavy atom. The molecular formula is C9H18NO4P. The van der Waals surface area contributed by atoms with Crippen molar-refractivity contribution in [3.63, 3.8) is 0 Å². The molecule has 1 unspecified atom stereocenters. The van der Waals surface area contributed by atoms with E-state index in [0.29, 0.717) is 31.8 Å². The molecule has 0 aliphatic carbocycles. The Balaban J connectivity index is 2.32. The molecule has 1 amide bonds. The van der Waals surface area contributed by atoms with Crippen LogP contribution in [0.3, 0.4) is 0 Å². The van der Waals surface area contributed by atoms with Crippen LogP contribution in [0, 0.1) is 5.92 Å². The molecule has 0 radical (unpaired) electrons. The summed E-state index contributed by atoms with van der Waals surface area (Å²) in [5, 5.41) is 0. The van der Waals surface area contributed by atoms with Crippen LogP contribution in [0.1, 0.15) is 26.7 Å². The first-order valence-electron chi connectivity index (χ1n) is 5.11. The van der Waals surface area contributed by atoms with Crippen molar-refractivity contribution in [2.45, 2.75) is 32.8 Å². The van der Waals surface area contributed by atoms with E-state index in [9.17, 15) is 4.79 Å². The molecule has 1 atom stereocenters. The van der Waals surface area contributed by atoms with Crippen molar-refractivity contribution >= 4 is 14.5 Å². The molecule has 1 aliphatic rings. The van der Waals surface area contributed by atoms with Gasteiger partial charge in [0.15, 0.2) is 0 Å². The third-order valence-electron chi connectivity index (χ3n) is 2.32. The van der Waals surface area contributed by atoms with Crippen molar-refractivity contribution in [2.24, 2.45) is 5.92 Å². The van der Waals surface area contributed by atoms with Crippen LogP contribution in [0.15, 0.2) is 0 Å². The van der Waals surface area contributed by atoms with Crippen molar-refractivity contribution in [1.29, 1.82) is 0 Å². The first-order chi connectivity index (χ1) is 6.99. The standard InChI is InChI=1S/C9H18NO4P/c1-7(2)5-9(11)10-4-3-8(6-10)14-15(12)13/h7-8,12-13H,3-6H2,1-2H3. The van der Waals surface area contributed by atoms with Crippen molar-refractivity contribution < 1.29 is 19.1 Å². The zero-order chi connectivity index (χ0) is 11.4. The fourth-order valence-electron chi connectivity index (χ4n) is 1.65. The van der Waals surface area contributed by atoms with Gasteiger partial charge < -0.3 is 19.2 Å². The summed E-state index contributed by atoms with van der Waals surface area (Å²) in [6.45, 7) is 5.14. The molecule has 1 aliphatic heterocycles. The van der Waals surface area contributed by atoms with Gasteiger partial charge in [0.1, 0.15) is 0 Å². The van der Waals surface area contributed by atoms with E-state index >= 15 is 0 Å². The molecule has 0 aromatic carbocycles. The van der Waals surface area contributed by atoms with Gasteiger partial charge in [-0.3, -0.25) is 4.79 Å². The average molecular weight is 235 g/mol. The second-order valence-electron chi connectivity index (χ2n) is 4.21. The summed E-state index contributed by atoms with van der Waals surface area (Å²) >= 11 is 0. The summed E-state index contributed by atoms with van der Waals surface area (Å²) in [5.41, 5.74) is 0. The molecule has 5 nitrogen and oxygen atoms in total. The number of amides is 1. The highest BCUT2D eigenvalue weighted by atomic mass is 31.2. The minimum absolute atomic E-state index is 0.122. The highest BCUT2D eigenvalue weighted by Crippen LogP contribution is 2.30. The van der Waals surface area contributed by atoms with Gasteiger partial charge in [0.25, 0.3) is 0 Å². The van der Waals surface area contributed by atoms with Gasteiger partial charge in [0.2, 0.25) is 5.91 Å². The van der Waals surface area contributed by atoms with Crippen LogP contribution in [-0.2, 0) is 9.32 Å². The minimum Gasteiger partial charge on any atom is -0.340 e. The molecule has 1 heterocycles. The lowest BCUT2D eigenvalue weighted by atomic mass is 10.1. The van der Waals surface area contributed by atoms with Gasteiger partial charge in [0, 0.05) is 19.5 Å². The number of rotatable bonds is 4. The van der Waals surface area contributed by atoms with Crippen LogP contribution >= 0.6 is 8.60 Å². The average Bonchev–Trinajstić information content (AvgIpc) is 2.50. The van der Waals surface area contributed by atoms with E-state index in [1.165, 1.54) is 0 Å². The Bertz CT molecular complexity index is 222. The molecule has 1 fully saturated rings. The molecule has 0 spiro atoms. The Morgan fingerprint density at radius 3 is 2.80 bits per heavy atom. The van der Waals surface area contributed by atoms with Gasteiger partial charge in [-0.25, -0.2) is 0 Å². The number of nitrogens with zero attached hydrogens (tertiary/aromatic N) is 1. The molecule has 1 saturated heterocycles. The summed E-state index contributed by atoms with van der Waals surface area (Å²) in [6.07, 6.45) is 1.01. The van der Waals surface area contributed by atoms with Crippen LogP contribution in [0.25, 0.3) is 0 Å². The predicted octanol–water partition coefficient (Wildman–Crippen LogP) is 0.861. The van der Waals surface area contributed by atoms with Crippen molar-refractivity contribution in [1.82, 2.24) is 4.90 Å². The molecule has 2 N–H and O–H groups in total. The predicted molar refractivity (Wildman–Crippen MR) is 56.9 cm³/mol. The van der Waals surface area contributed by atoms with E-state index < -0.39 is 8.60 Å². The molecular weight excluding hydrogens is 217 g/mol. The number of carbonyl (C=O) groups is 1. The molecule has 15 heavy (non-hydrogen) atoms. The normalized spacial score (nSPS) is 21.7. The van der Waals surface area contributed by atoms with E-state index in [-0.39, 0.29) is 12.0 Å². The van der Waals surface area contributed by atoms with Crippen LogP contribution in [0.2, 0.25) is 0 Å². The fourth-order valence-corrected chi connectivity index (χ4v) is 2.09. The summed E-state index contributed by atoms with van der Waals surface area (Å²) in [7, 11) is -2.30. The topological polar surface area (TPSA) is 70.0 Å². The minimum atomic E-state index is -2.30. The quantitative estimate of drug-likeness (QED) is 0.709. The van der Waals surface area contributed by atoms with Gasteiger partial charge in [-0.05, 0) is 12.3 Å². The van der Waals surface area contributed by atoms with E-state index in [1.807, 2.05) is 13.8 Å². The Morgan fingerprint density at radius 1 is 1.60 bits per heavy atom. The van der Waals surface area contributed by atoms with Crippen LogP contribution in [-0.4, -0.2) is 39.8 Å². The lowest BCUT2D eigenvalue weighted by Crippen LogP contribution is -2.30. The Hall–Kier alpha value is -0.220. The summed E-state index contributed by atoms with van der Waals surface area (Å²) in [4.78, 5) is 30.7. The number of carbonyl (C=O) groups excluding carboxylic acids is 1. The van der Waals surface area contributed by atoms with Crippen molar-refractivity contribution in [3.05, 3.63) is 0 Å². The van der Waals surface area contributed by atoms with E-state index in [0.717, 1.165) is 0 Å². The Labute approximate surface area is 91.0 Å². The largest absolute Gasteiger partial charge is 0.340 e. The van der Waals surface area contributed by atoms with E-state index in [2.05, 4.69) is 0 Å². The molecule has 6 heteroatoms. The van der Waals surface area contributed by atoms with Crippen LogP contribution in [0.5, 0.6) is 0 Å². The van der Waals surface area contributed by atoms with E-state index in [4.69, 9.17) is 14.3 Å². The van der Waals surface area contributed by atoms with Crippen LogP contribution < -0.4 is 0 Å². The smallest absolute Gasteiger partial charge is 0.327 e. The first kappa shape index (κ1) is 12.8. The fraction of sp³-hybridized carbons (Fsp3) is 0.889. The van der Waals surface area contributed by atoms with Gasteiger partial charge in [-0.2, -0.15) is 0 Å². The maximum Gasteiger partial charge on any atom is 0.327 e. The molecule has 1 rings (SSSR count). The van der Waals surface area contributed by atoms with Gasteiger partial charge in [0.05, 0.1) is 6.10 Å². The highest BCUT2D eigenvalue weighted by molar-refractivity contribution is 7.39. The molecule has 0 aromatic rings. The molecule has 88 valence electrons. The zero-order valence-electron chi connectivity index (χ0n) is 9.09. The van der Waals surface area contributed by atoms with Gasteiger partial charge in [-0.1, -0.05) is 13.8 Å². The SMILES string of the molecule is CC(C)CC(=O)N1CCC(OP(O)O)C1.